The van der Waals surface area contributed by atoms with Crippen LogP contribution in [0.5, 0.6) is 0 Å². The van der Waals surface area contributed by atoms with Crippen LogP contribution >= 0.6 is 0 Å². The van der Waals surface area contributed by atoms with Crippen molar-refractivity contribution >= 4 is 22.9 Å². The molecule has 102 valence electrons. The largest absolute Gasteiger partial charge is 0.369 e. The van der Waals surface area contributed by atoms with E-state index in [1.165, 1.54) is 0 Å². The van der Waals surface area contributed by atoms with Crippen molar-refractivity contribution in [3.8, 4) is 0 Å². The lowest BCUT2D eigenvalue weighted by atomic mass is 10.1. The molecule has 19 heavy (non-hydrogen) atoms. The molecular weight excluding hydrogens is 242 g/mol. The van der Waals surface area contributed by atoms with Gasteiger partial charge in [-0.05, 0) is 26.8 Å². The van der Waals surface area contributed by atoms with Gasteiger partial charge in [0.05, 0.1) is 11.7 Å². The standard InChI is InChI=1S/C13H19N5O/c1-13(2,3)17-11(19)5-7-18-10-4-6-15-8-9(10)16-12(18)14/h4,6,8H,5,7H2,1-3H3,(H2,14,16)(H,17,19). The monoisotopic (exact) mass is 261 g/mol. The van der Waals surface area contributed by atoms with E-state index in [4.69, 9.17) is 5.73 Å². The van der Waals surface area contributed by atoms with E-state index in [0.29, 0.717) is 18.9 Å². The van der Waals surface area contributed by atoms with Crippen LogP contribution in [0, 0.1) is 0 Å². The fraction of sp³-hybridized carbons (Fsp3) is 0.462. The number of rotatable bonds is 3. The van der Waals surface area contributed by atoms with E-state index in [-0.39, 0.29) is 11.4 Å². The number of imidazole rings is 1. The number of nitrogens with two attached hydrogens (primary N) is 1. The number of aromatic nitrogens is 3. The number of hydrogen-bond donors (Lipinski definition) is 2. The SMILES string of the molecule is CC(C)(C)NC(=O)CCn1c(N)nc2cnccc21. The molecule has 0 fully saturated rings. The summed E-state index contributed by atoms with van der Waals surface area (Å²) in [7, 11) is 0. The number of carbonyl (C=O) groups excluding carboxylic acids is 1. The van der Waals surface area contributed by atoms with Crippen LogP contribution in [-0.4, -0.2) is 26.0 Å². The minimum Gasteiger partial charge on any atom is -0.369 e. The minimum absolute atomic E-state index is 0.00260. The maximum absolute atomic E-state index is 11.8. The van der Waals surface area contributed by atoms with Gasteiger partial charge < -0.3 is 15.6 Å². The van der Waals surface area contributed by atoms with Gasteiger partial charge in [-0.25, -0.2) is 4.98 Å². The molecular formula is C13H19N5O. The summed E-state index contributed by atoms with van der Waals surface area (Å²) in [5.41, 5.74) is 7.29. The number of nitrogens with one attached hydrogen (secondary N) is 1. The number of aryl methyl sites for hydroxylation is 1. The van der Waals surface area contributed by atoms with E-state index in [0.717, 1.165) is 11.0 Å². The molecule has 0 aliphatic heterocycles. The molecule has 3 N–H and O–H groups in total. The third-order valence-corrected chi connectivity index (χ3v) is 2.66. The summed E-state index contributed by atoms with van der Waals surface area (Å²) in [4.78, 5) is 20.0. The summed E-state index contributed by atoms with van der Waals surface area (Å²) < 4.78 is 1.83. The predicted octanol–water partition coefficient (Wildman–Crippen LogP) is 1.32. The van der Waals surface area contributed by atoms with E-state index in [1.54, 1.807) is 12.4 Å². The number of anilines is 1. The highest BCUT2D eigenvalue weighted by molar-refractivity contribution is 5.79. The molecule has 1 amide bonds. The van der Waals surface area contributed by atoms with E-state index in [9.17, 15) is 4.79 Å². The van der Waals surface area contributed by atoms with Gasteiger partial charge in [-0.1, -0.05) is 0 Å². The number of fused-ring (bicyclic) bond motifs is 1. The number of nitrogen functional groups attached to an aromatic ring is 1. The molecule has 0 aromatic carbocycles. The molecule has 0 saturated carbocycles. The summed E-state index contributed by atoms with van der Waals surface area (Å²) >= 11 is 0. The van der Waals surface area contributed by atoms with Crippen LogP contribution in [0.3, 0.4) is 0 Å². The third kappa shape index (κ3) is 3.21. The van der Waals surface area contributed by atoms with Crippen molar-refractivity contribution in [2.45, 2.75) is 39.3 Å². The molecule has 0 aliphatic rings. The molecule has 0 bridgehead atoms. The number of nitrogens with zero attached hydrogens (tertiary/aromatic N) is 3. The first kappa shape index (κ1) is 13.3. The quantitative estimate of drug-likeness (QED) is 0.872. The van der Waals surface area contributed by atoms with Gasteiger partial charge in [-0.2, -0.15) is 0 Å². The van der Waals surface area contributed by atoms with Gasteiger partial charge in [0, 0.05) is 24.7 Å². The zero-order valence-electron chi connectivity index (χ0n) is 11.5. The van der Waals surface area contributed by atoms with Crippen molar-refractivity contribution in [2.75, 3.05) is 5.73 Å². The van der Waals surface area contributed by atoms with E-state index < -0.39 is 0 Å². The molecule has 6 nitrogen and oxygen atoms in total. The van der Waals surface area contributed by atoms with Gasteiger partial charge in [0.1, 0.15) is 5.52 Å². The number of amides is 1. The first-order valence-corrected chi connectivity index (χ1v) is 6.23. The maximum Gasteiger partial charge on any atom is 0.222 e. The van der Waals surface area contributed by atoms with E-state index >= 15 is 0 Å². The predicted molar refractivity (Wildman–Crippen MR) is 74.5 cm³/mol. The molecule has 0 aliphatic carbocycles. The van der Waals surface area contributed by atoms with Crippen molar-refractivity contribution in [2.24, 2.45) is 0 Å². The Morgan fingerprint density at radius 2 is 2.21 bits per heavy atom. The van der Waals surface area contributed by atoms with Crippen molar-refractivity contribution in [3.63, 3.8) is 0 Å². The molecule has 0 radical (unpaired) electrons. The Labute approximate surface area is 112 Å². The lowest BCUT2D eigenvalue weighted by Gasteiger charge is -2.20. The fourth-order valence-electron chi connectivity index (χ4n) is 1.93. The number of hydrogen-bond acceptors (Lipinski definition) is 4. The normalized spacial score (nSPS) is 11.7. The zero-order valence-corrected chi connectivity index (χ0v) is 11.5. The second-order valence-electron chi connectivity index (χ2n) is 5.53. The summed E-state index contributed by atoms with van der Waals surface area (Å²) in [6, 6.07) is 1.85. The molecule has 2 rings (SSSR count). The van der Waals surface area contributed by atoms with Crippen LogP contribution in [0.25, 0.3) is 11.0 Å². The van der Waals surface area contributed by atoms with Crippen molar-refractivity contribution in [1.82, 2.24) is 19.9 Å². The second kappa shape index (κ2) is 4.87. The maximum atomic E-state index is 11.8. The minimum atomic E-state index is -0.219. The Morgan fingerprint density at radius 3 is 2.89 bits per heavy atom. The summed E-state index contributed by atoms with van der Waals surface area (Å²) in [5, 5.41) is 2.92. The average molecular weight is 261 g/mol. The van der Waals surface area contributed by atoms with Gasteiger partial charge in [-0.15, -0.1) is 0 Å². The van der Waals surface area contributed by atoms with Gasteiger partial charge in [0.2, 0.25) is 11.9 Å². The third-order valence-electron chi connectivity index (χ3n) is 2.66. The highest BCUT2D eigenvalue weighted by Gasteiger charge is 2.14. The molecule has 0 atom stereocenters. The van der Waals surface area contributed by atoms with Gasteiger partial charge in [0.25, 0.3) is 0 Å². The van der Waals surface area contributed by atoms with E-state index in [1.807, 2.05) is 31.4 Å². The molecule has 2 aromatic rings. The molecule has 0 unspecified atom stereocenters. The Balaban J connectivity index is 2.10. The second-order valence-corrected chi connectivity index (χ2v) is 5.53. The lowest BCUT2D eigenvalue weighted by Crippen LogP contribution is -2.40. The van der Waals surface area contributed by atoms with Crippen LogP contribution in [0.4, 0.5) is 5.95 Å². The summed E-state index contributed by atoms with van der Waals surface area (Å²) in [5.74, 6) is 0.411. The number of pyridine rings is 1. The topological polar surface area (TPSA) is 85.8 Å². The van der Waals surface area contributed by atoms with Gasteiger partial charge >= 0.3 is 0 Å². The van der Waals surface area contributed by atoms with E-state index in [2.05, 4.69) is 15.3 Å². The Bertz CT molecular complexity index is 597. The molecule has 2 aromatic heterocycles. The van der Waals surface area contributed by atoms with Gasteiger partial charge in [-0.3, -0.25) is 9.78 Å². The van der Waals surface area contributed by atoms with Crippen LogP contribution in [-0.2, 0) is 11.3 Å². The lowest BCUT2D eigenvalue weighted by molar-refractivity contribution is -0.122. The van der Waals surface area contributed by atoms with Crippen LogP contribution < -0.4 is 11.1 Å². The Kier molecular flexibility index (Phi) is 3.42. The molecule has 2 heterocycles. The van der Waals surface area contributed by atoms with Crippen molar-refractivity contribution in [3.05, 3.63) is 18.5 Å². The fourth-order valence-corrected chi connectivity index (χ4v) is 1.93. The highest BCUT2D eigenvalue weighted by Crippen LogP contribution is 2.16. The zero-order chi connectivity index (χ0) is 14.0. The Morgan fingerprint density at radius 1 is 1.47 bits per heavy atom. The Hall–Kier alpha value is -2.11. The first-order chi connectivity index (χ1) is 8.87. The highest BCUT2D eigenvalue weighted by atomic mass is 16.1. The smallest absolute Gasteiger partial charge is 0.222 e. The van der Waals surface area contributed by atoms with Crippen LogP contribution in [0.2, 0.25) is 0 Å². The average Bonchev–Trinajstić information content (AvgIpc) is 2.60. The summed E-state index contributed by atoms with van der Waals surface area (Å²) in [6.45, 7) is 6.38. The van der Waals surface area contributed by atoms with Crippen molar-refractivity contribution < 1.29 is 4.79 Å². The van der Waals surface area contributed by atoms with Crippen LogP contribution in [0.1, 0.15) is 27.2 Å². The first-order valence-electron chi connectivity index (χ1n) is 6.23. The van der Waals surface area contributed by atoms with Crippen LogP contribution in [0.15, 0.2) is 18.5 Å². The number of carbonyl (C=O) groups is 1. The van der Waals surface area contributed by atoms with Crippen molar-refractivity contribution in [1.29, 1.82) is 0 Å². The summed E-state index contributed by atoms with van der Waals surface area (Å²) in [6.07, 6.45) is 3.72. The molecule has 0 saturated heterocycles. The molecule has 0 spiro atoms. The van der Waals surface area contributed by atoms with Gasteiger partial charge in [0.15, 0.2) is 0 Å². The molecule has 6 heteroatoms.